The highest BCUT2D eigenvalue weighted by molar-refractivity contribution is 7.92. The number of benzene rings is 1. The maximum absolute atomic E-state index is 11.7. The Labute approximate surface area is 126 Å². The number of methoxy groups -OCH3 is 1. The number of esters is 1. The quantitative estimate of drug-likeness (QED) is 0.621. The normalized spacial score (nSPS) is 11.2. The molecule has 0 fully saturated rings. The van der Waals surface area contributed by atoms with Gasteiger partial charge in [-0.3, -0.25) is 9.10 Å². The van der Waals surface area contributed by atoms with E-state index >= 15 is 0 Å². The van der Waals surface area contributed by atoms with Crippen molar-refractivity contribution in [2.45, 2.75) is 0 Å². The third kappa shape index (κ3) is 4.14. The van der Waals surface area contributed by atoms with Crippen molar-refractivity contribution in [3.63, 3.8) is 0 Å². The number of ether oxygens (including phenoxy) is 1. The van der Waals surface area contributed by atoms with Crippen molar-refractivity contribution < 1.29 is 17.9 Å². The van der Waals surface area contributed by atoms with Crippen molar-refractivity contribution in [1.29, 1.82) is 0 Å². The van der Waals surface area contributed by atoms with Crippen LogP contribution in [0.15, 0.2) is 12.1 Å². The van der Waals surface area contributed by atoms with E-state index in [4.69, 9.17) is 34.8 Å². The Kier molecular flexibility index (Phi) is 5.32. The van der Waals surface area contributed by atoms with Gasteiger partial charge in [0, 0.05) is 0 Å². The summed E-state index contributed by atoms with van der Waals surface area (Å²) >= 11 is 17.5. The average molecular weight is 347 g/mol. The molecule has 0 amide bonds. The van der Waals surface area contributed by atoms with Crippen LogP contribution in [-0.2, 0) is 19.6 Å². The summed E-state index contributed by atoms with van der Waals surface area (Å²) in [5.74, 6) is -0.729. The second kappa shape index (κ2) is 6.17. The van der Waals surface area contributed by atoms with Gasteiger partial charge < -0.3 is 4.74 Å². The fourth-order valence-corrected chi connectivity index (χ4v) is 2.81. The molecular formula is C10H10Cl3NO4S. The molecule has 0 aromatic heterocycles. The molecular weight excluding hydrogens is 337 g/mol. The fraction of sp³-hybridized carbons (Fsp3) is 0.300. The summed E-state index contributed by atoms with van der Waals surface area (Å²) in [5.41, 5.74) is 0.0592. The largest absolute Gasteiger partial charge is 0.468 e. The zero-order valence-corrected chi connectivity index (χ0v) is 13.1. The number of halogens is 3. The molecule has 9 heteroatoms. The first-order chi connectivity index (χ1) is 8.66. The standard InChI is InChI=1S/C10H10Cl3NO4S/c1-18-10(15)5-14(19(2,16)17)9-4-7(12)6(11)3-8(9)13/h3-4H,5H2,1-2H3. The Balaban J connectivity index is 3.34. The molecule has 5 nitrogen and oxygen atoms in total. The summed E-state index contributed by atoms with van der Waals surface area (Å²) in [7, 11) is -2.58. The molecule has 0 unspecified atom stereocenters. The summed E-state index contributed by atoms with van der Waals surface area (Å²) in [6.07, 6.45) is 0.939. The van der Waals surface area contributed by atoms with Crippen LogP contribution in [-0.4, -0.2) is 34.3 Å². The third-order valence-electron chi connectivity index (χ3n) is 2.16. The van der Waals surface area contributed by atoms with Crippen LogP contribution in [0, 0.1) is 0 Å². The number of hydrogen-bond donors (Lipinski definition) is 0. The second-order valence-corrected chi connectivity index (χ2v) is 6.69. The number of rotatable bonds is 4. The number of carbonyl (C=O) groups excluding carboxylic acids is 1. The Hall–Kier alpha value is -0.690. The van der Waals surface area contributed by atoms with Crippen molar-refractivity contribution >= 4 is 56.5 Å². The van der Waals surface area contributed by atoms with Crippen LogP contribution >= 0.6 is 34.8 Å². The molecule has 106 valence electrons. The number of sulfonamides is 1. The lowest BCUT2D eigenvalue weighted by atomic mass is 10.3. The second-order valence-electron chi connectivity index (χ2n) is 3.56. The SMILES string of the molecule is COC(=O)CN(c1cc(Cl)c(Cl)cc1Cl)S(C)(=O)=O. The van der Waals surface area contributed by atoms with Gasteiger partial charge in [0.25, 0.3) is 0 Å². The monoisotopic (exact) mass is 345 g/mol. The van der Waals surface area contributed by atoms with Crippen LogP contribution in [0.2, 0.25) is 15.1 Å². The maximum atomic E-state index is 11.7. The van der Waals surface area contributed by atoms with E-state index in [9.17, 15) is 13.2 Å². The summed E-state index contributed by atoms with van der Waals surface area (Å²) < 4.78 is 28.7. The van der Waals surface area contributed by atoms with Crippen LogP contribution < -0.4 is 4.31 Å². The van der Waals surface area contributed by atoms with E-state index in [2.05, 4.69) is 4.74 Å². The first kappa shape index (κ1) is 16.4. The highest BCUT2D eigenvalue weighted by Gasteiger charge is 2.24. The van der Waals surface area contributed by atoms with Gasteiger partial charge in [-0.1, -0.05) is 34.8 Å². The zero-order chi connectivity index (χ0) is 14.8. The van der Waals surface area contributed by atoms with Crippen molar-refractivity contribution in [3.8, 4) is 0 Å². The van der Waals surface area contributed by atoms with Gasteiger partial charge >= 0.3 is 5.97 Å². The van der Waals surface area contributed by atoms with Crippen molar-refractivity contribution in [3.05, 3.63) is 27.2 Å². The minimum Gasteiger partial charge on any atom is -0.468 e. The van der Waals surface area contributed by atoms with E-state index in [0.29, 0.717) is 0 Å². The lowest BCUT2D eigenvalue weighted by Crippen LogP contribution is -2.35. The molecule has 0 bridgehead atoms. The molecule has 0 saturated carbocycles. The van der Waals surface area contributed by atoms with Gasteiger partial charge in [0.15, 0.2) is 0 Å². The van der Waals surface area contributed by atoms with E-state index in [1.54, 1.807) is 0 Å². The average Bonchev–Trinajstić information content (AvgIpc) is 2.29. The molecule has 0 aliphatic carbocycles. The minimum absolute atomic E-state index is 0.0590. The van der Waals surface area contributed by atoms with Crippen LogP contribution in [0.3, 0.4) is 0 Å². The van der Waals surface area contributed by atoms with Gasteiger partial charge in [0.05, 0.1) is 34.1 Å². The molecule has 0 atom stereocenters. The molecule has 1 aromatic carbocycles. The van der Waals surface area contributed by atoms with E-state index in [1.165, 1.54) is 12.1 Å². The number of hydrogen-bond acceptors (Lipinski definition) is 4. The predicted octanol–water partition coefficient (Wildman–Crippen LogP) is 2.59. The first-order valence-corrected chi connectivity index (χ1v) is 7.84. The third-order valence-corrected chi connectivity index (χ3v) is 4.31. The topological polar surface area (TPSA) is 63.7 Å². The summed E-state index contributed by atoms with van der Waals surface area (Å²) in [5, 5.41) is 0.366. The molecule has 0 aliphatic rings. The van der Waals surface area contributed by atoms with Crippen molar-refractivity contribution in [2.24, 2.45) is 0 Å². The van der Waals surface area contributed by atoms with E-state index in [1.807, 2.05) is 0 Å². The van der Waals surface area contributed by atoms with Crippen LogP contribution in [0.25, 0.3) is 0 Å². The Morgan fingerprint density at radius 3 is 2.21 bits per heavy atom. The van der Waals surface area contributed by atoms with E-state index in [-0.39, 0.29) is 20.8 Å². The molecule has 0 heterocycles. The summed E-state index contributed by atoms with van der Waals surface area (Å²) in [4.78, 5) is 11.3. The minimum atomic E-state index is -3.73. The van der Waals surface area contributed by atoms with Crippen LogP contribution in [0.5, 0.6) is 0 Å². The molecule has 19 heavy (non-hydrogen) atoms. The smallest absolute Gasteiger partial charge is 0.326 e. The lowest BCUT2D eigenvalue weighted by Gasteiger charge is -2.22. The number of anilines is 1. The van der Waals surface area contributed by atoms with E-state index < -0.39 is 22.5 Å². The number of carbonyl (C=O) groups is 1. The molecule has 0 saturated heterocycles. The Morgan fingerprint density at radius 1 is 1.21 bits per heavy atom. The van der Waals surface area contributed by atoms with Gasteiger partial charge in [0.2, 0.25) is 10.0 Å². The van der Waals surface area contributed by atoms with Crippen molar-refractivity contribution in [2.75, 3.05) is 24.2 Å². The van der Waals surface area contributed by atoms with Gasteiger partial charge in [-0.05, 0) is 12.1 Å². The summed E-state index contributed by atoms with van der Waals surface area (Å²) in [6.45, 7) is -0.507. The van der Waals surface area contributed by atoms with Crippen LogP contribution in [0.1, 0.15) is 0 Å². The fourth-order valence-electron chi connectivity index (χ4n) is 1.27. The van der Waals surface area contributed by atoms with Gasteiger partial charge in [-0.15, -0.1) is 0 Å². The van der Waals surface area contributed by atoms with Gasteiger partial charge in [0.1, 0.15) is 6.54 Å². The van der Waals surface area contributed by atoms with Gasteiger partial charge in [-0.25, -0.2) is 8.42 Å². The molecule has 1 rings (SSSR count). The Bertz CT molecular complexity index is 603. The first-order valence-electron chi connectivity index (χ1n) is 4.86. The van der Waals surface area contributed by atoms with Crippen molar-refractivity contribution in [1.82, 2.24) is 0 Å². The molecule has 0 radical (unpaired) electrons. The predicted molar refractivity (Wildman–Crippen MR) is 75.7 cm³/mol. The molecule has 0 N–H and O–H groups in total. The zero-order valence-electron chi connectivity index (χ0n) is 9.98. The molecule has 1 aromatic rings. The summed E-state index contributed by atoms with van der Waals surface area (Å²) in [6, 6.07) is 2.58. The highest BCUT2D eigenvalue weighted by Crippen LogP contribution is 2.35. The van der Waals surface area contributed by atoms with Crippen LogP contribution in [0.4, 0.5) is 5.69 Å². The molecule has 0 aliphatic heterocycles. The Morgan fingerprint density at radius 2 is 1.74 bits per heavy atom. The molecule has 0 spiro atoms. The lowest BCUT2D eigenvalue weighted by molar-refractivity contribution is -0.138. The van der Waals surface area contributed by atoms with E-state index in [0.717, 1.165) is 17.7 Å². The number of nitrogens with zero attached hydrogens (tertiary/aromatic N) is 1. The maximum Gasteiger partial charge on any atom is 0.326 e. The van der Waals surface area contributed by atoms with Gasteiger partial charge in [-0.2, -0.15) is 0 Å². The highest BCUT2D eigenvalue weighted by atomic mass is 35.5.